The standard InChI is InChI=1S/C12H17NO2/c1-9-3-4-10(2)13(7-9)12-6-5-11(8-14)15-12/h5-6,8-10H,3-4,7H2,1-2H3. The van der Waals surface area contributed by atoms with Crippen LogP contribution in [-0.2, 0) is 0 Å². The summed E-state index contributed by atoms with van der Waals surface area (Å²) in [6.07, 6.45) is 3.22. The molecule has 2 atom stereocenters. The zero-order chi connectivity index (χ0) is 10.8. The Hall–Kier alpha value is -1.25. The SMILES string of the molecule is CC1CCC(C)N(c2ccc(C=O)o2)C1. The van der Waals surface area contributed by atoms with Crippen LogP contribution < -0.4 is 4.90 Å². The van der Waals surface area contributed by atoms with Crippen LogP contribution in [0.5, 0.6) is 0 Å². The molecule has 2 heterocycles. The van der Waals surface area contributed by atoms with Gasteiger partial charge < -0.3 is 9.32 Å². The molecule has 15 heavy (non-hydrogen) atoms. The Kier molecular flexibility index (Phi) is 2.80. The molecule has 3 nitrogen and oxygen atoms in total. The number of aldehydes is 1. The van der Waals surface area contributed by atoms with Gasteiger partial charge in [-0.15, -0.1) is 0 Å². The maximum absolute atomic E-state index is 10.5. The number of hydrogen-bond donors (Lipinski definition) is 0. The molecule has 0 bridgehead atoms. The Morgan fingerprint density at radius 2 is 2.20 bits per heavy atom. The van der Waals surface area contributed by atoms with E-state index in [4.69, 9.17) is 4.42 Å². The summed E-state index contributed by atoms with van der Waals surface area (Å²) in [6, 6.07) is 4.12. The zero-order valence-corrected chi connectivity index (χ0v) is 9.27. The summed E-state index contributed by atoms with van der Waals surface area (Å²) in [5.41, 5.74) is 0. The minimum Gasteiger partial charge on any atom is -0.438 e. The van der Waals surface area contributed by atoms with Crippen LogP contribution in [-0.4, -0.2) is 18.9 Å². The van der Waals surface area contributed by atoms with E-state index in [1.807, 2.05) is 6.07 Å². The highest BCUT2D eigenvalue weighted by Crippen LogP contribution is 2.28. The topological polar surface area (TPSA) is 33.5 Å². The Morgan fingerprint density at radius 3 is 2.87 bits per heavy atom. The fourth-order valence-corrected chi connectivity index (χ4v) is 2.16. The Morgan fingerprint density at radius 1 is 1.40 bits per heavy atom. The van der Waals surface area contributed by atoms with Crippen molar-refractivity contribution in [1.29, 1.82) is 0 Å². The third kappa shape index (κ3) is 2.06. The lowest BCUT2D eigenvalue weighted by atomic mass is 9.95. The van der Waals surface area contributed by atoms with Crippen molar-refractivity contribution in [3.05, 3.63) is 17.9 Å². The minimum absolute atomic E-state index is 0.412. The van der Waals surface area contributed by atoms with E-state index >= 15 is 0 Å². The van der Waals surface area contributed by atoms with E-state index in [-0.39, 0.29) is 0 Å². The van der Waals surface area contributed by atoms with Crippen molar-refractivity contribution in [2.24, 2.45) is 5.92 Å². The summed E-state index contributed by atoms with van der Waals surface area (Å²) < 4.78 is 5.45. The van der Waals surface area contributed by atoms with Gasteiger partial charge in [-0.2, -0.15) is 0 Å². The summed E-state index contributed by atoms with van der Waals surface area (Å²) >= 11 is 0. The molecule has 0 aromatic carbocycles. The summed E-state index contributed by atoms with van der Waals surface area (Å²) in [4.78, 5) is 12.8. The zero-order valence-electron chi connectivity index (χ0n) is 9.27. The van der Waals surface area contributed by atoms with E-state index in [1.165, 1.54) is 12.8 Å². The maximum atomic E-state index is 10.5. The molecule has 2 rings (SSSR count). The fourth-order valence-electron chi connectivity index (χ4n) is 2.16. The van der Waals surface area contributed by atoms with Gasteiger partial charge in [0, 0.05) is 18.7 Å². The Bertz CT molecular complexity index is 345. The number of carbonyl (C=O) groups excluding carboxylic acids is 1. The van der Waals surface area contributed by atoms with Crippen LogP contribution in [0.1, 0.15) is 37.2 Å². The van der Waals surface area contributed by atoms with E-state index in [2.05, 4.69) is 18.7 Å². The summed E-state index contributed by atoms with van der Waals surface area (Å²) in [5, 5.41) is 0. The highest BCUT2D eigenvalue weighted by atomic mass is 16.4. The van der Waals surface area contributed by atoms with Gasteiger partial charge in [0.25, 0.3) is 0 Å². The van der Waals surface area contributed by atoms with Crippen LogP contribution in [0.25, 0.3) is 0 Å². The van der Waals surface area contributed by atoms with Crippen molar-refractivity contribution in [3.63, 3.8) is 0 Å². The number of hydrogen-bond acceptors (Lipinski definition) is 3. The normalized spacial score (nSPS) is 26.7. The van der Waals surface area contributed by atoms with Crippen molar-refractivity contribution >= 4 is 12.2 Å². The minimum atomic E-state index is 0.412. The molecule has 1 aliphatic rings. The van der Waals surface area contributed by atoms with Gasteiger partial charge >= 0.3 is 0 Å². The summed E-state index contributed by atoms with van der Waals surface area (Å²) in [7, 11) is 0. The van der Waals surface area contributed by atoms with Crippen molar-refractivity contribution < 1.29 is 9.21 Å². The first-order chi connectivity index (χ1) is 7.20. The molecule has 82 valence electrons. The van der Waals surface area contributed by atoms with E-state index in [0.29, 0.717) is 17.7 Å². The quantitative estimate of drug-likeness (QED) is 0.699. The molecule has 0 saturated carbocycles. The predicted molar refractivity (Wildman–Crippen MR) is 59.3 cm³/mol. The monoisotopic (exact) mass is 207 g/mol. The van der Waals surface area contributed by atoms with E-state index < -0.39 is 0 Å². The van der Waals surface area contributed by atoms with Gasteiger partial charge in [0.05, 0.1) is 0 Å². The summed E-state index contributed by atoms with van der Waals surface area (Å²) in [6.45, 7) is 5.48. The average molecular weight is 207 g/mol. The van der Waals surface area contributed by atoms with E-state index in [0.717, 1.165) is 18.7 Å². The average Bonchev–Trinajstić information content (AvgIpc) is 2.70. The van der Waals surface area contributed by atoms with Crippen molar-refractivity contribution in [1.82, 2.24) is 0 Å². The number of nitrogens with zero attached hydrogens (tertiary/aromatic N) is 1. The first-order valence-electron chi connectivity index (χ1n) is 5.52. The largest absolute Gasteiger partial charge is 0.438 e. The van der Waals surface area contributed by atoms with E-state index in [9.17, 15) is 4.79 Å². The van der Waals surface area contributed by atoms with Gasteiger partial charge in [-0.3, -0.25) is 4.79 Å². The molecular formula is C12H17NO2. The molecule has 1 aliphatic heterocycles. The number of furan rings is 1. The number of piperidine rings is 1. The lowest BCUT2D eigenvalue weighted by Gasteiger charge is -2.36. The molecule has 0 aliphatic carbocycles. The van der Waals surface area contributed by atoms with Crippen LogP contribution in [0.15, 0.2) is 16.5 Å². The molecule has 0 spiro atoms. The Labute approximate surface area is 90.1 Å². The molecule has 1 aromatic heterocycles. The van der Waals surface area contributed by atoms with E-state index in [1.54, 1.807) is 6.07 Å². The lowest BCUT2D eigenvalue weighted by Crippen LogP contribution is -2.40. The second-order valence-corrected chi connectivity index (χ2v) is 4.48. The van der Waals surface area contributed by atoms with Gasteiger partial charge in [0.15, 0.2) is 17.9 Å². The smallest absolute Gasteiger partial charge is 0.196 e. The van der Waals surface area contributed by atoms with Crippen LogP contribution in [0, 0.1) is 5.92 Å². The van der Waals surface area contributed by atoms with Gasteiger partial charge in [-0.05, 0) is 31.7 Å². The number of carbonyl (C=O) groups is 1. The Balaban J connectivity index is 2.17. The van der Waals surface area contributed by atoms with Crippen molar-refractivity contribution in [2.75, 3.05) is 11.4 Å². The van der Waals surface area contributed by atoms with Crippen LogP contribution in [0.2, 0.25) is 0 Å². The highest BCUT2D eigenvalue weighted by molar-refractivity contribution is 5.71. The second-order valence-electron chi connectivity index (χ2n) is 4.48. The molecule has 1 fully saturated rings. The van der Waals surface area contributed by atoms with Gasteiger partial charge in [0.1, 0.15) is 0 Å². The molecule has 1 saturated heterocycles. The first-order valence-corrected chi connectivity index (χ1v) is 5.52. The molecular weight excluding hydrogens is 190 g/mol. The second kappa shape index (κ2) is 4.09. The third-order valence-corrected chi connectivity index (χ3v) is 3.13. The van der Waals surface area contributed by atoms with Crippen molar-refractivity contribution in [2.45, 2.75) is 32.7 Å². The highest BCUT2D eigenvalue weighted by Gasteiger charge is 2.24. The predicted octanol–water partition coefficient (Wildman–Crippen LogP) is 2.72. The number of rotatable bonds is 2. The van der Waals surface area contributed by atoms with Gasteiger partial charge in [-0.1, -0.05) is 6.92 Å². The van der Waals surface area contributed by atoms with Gasteiger partial charge in [-0.25, -0.2) is 0 Å². The fraction of sp³-hybridized carbons (Fsp3) is 0.583. The molecule has 2 unspecified atom stereocenters. The maximum Gasteiger partial charge on any atom is 0.196 e. The molecule has 0 N–H and O–H groups in total. The van der Waals surface area contributed by atoms with Crippen LogP contribution in [0.3, 0.4) is 0 Å². The molecule has 1 aromatic rings. The number of anilines is 1. The lowest BCUT2D eigenvalue weighted by molar-refractivity contribution is 0.110. The molecule has 3 heteroatoms. The van der Waals surface area contributed by atoms with Gasteiger partial charge in [0.2, 0.25) is 0 Å². The first kappa shape index (κ1) is 10.3. The molecule has 0 amide bonds. The van der Waals surface area contributed by atoms with Crippen LogP contribution in [0.4, 0.5) is 5.88 Å². The third-order valence-electron chi connectivity index (χ3n) is 3.13. The van der Waals surface area contributed by atoms with Crippen molar-refractivity contribution in [3.8, 4) is 0 Å². The molecule has 0 radical (unpaired) electrons. The van der Waals surface area contributed by atoms with Crippen LogP contribution >= 0.6 is 0 Å². The summed E-state index contributed by atoms with van der Waals surface area (Å²) in [5.74, 6) is 1.94.